The predicted octanol–water partition coefficient (Wildman–Crippen LogP) is 2.03. The van der Waals surface area contributed by atoms with Crippen molar-refractivity contribution in [3.63, 3.8) is 0 Å². The molecule has 0 saturated heterocycles. The third-order valence-corrected chi connectivity index (χ3v) is 2.10. The molecule has 0 bridgehead atoms. The Morgan fingerprint density at radius 1 is 1.31 bits per heavy atom. The first-order valence-corrected chi connectivity index (χ1v) is 5.43. The lowest BCUT2D eigenvalue weighted by Gasteiger charge is -2.04. The molecule has 0 radical (unpaired) electrons. The van der Waals surface area contributed by atoms with Crippen molar-refractivity contribution in [2.75, 3.05) is 6.54 Å². The molecule has 0 spiro atoms. The first-order chi connectivity index (χ1) is 7.51. The summed E-state index contributed by atoms with van der Waals surface area (Å²) in [6.07, 6.45) is 7.01. The van der Waals surface area contributed by atoms with Gasteiger partial charge in [-0.3, -0.25) is 9.59 Å². The van der Waals surface area contributed by atoms with Gasteiger partial charge in [-0.25, -0.2) is 0 Å². The van der Waals surface area contributed by atoms with Gasteiger partial charge in [0.05, 0.1) is 0 Å². The molecular formula is C12H17NO2S. The summed E-state index contributed by atoms with van der Waals surface area (Å²) in [7, 11) is 0. The molecule has 0 aliphatic carbocycles. The van der Waals surface area contributed by atoms with E-state index in [1.807, 2.05) is 19.9 Å². The van der Waals surface area contributed by atoms with Crippen molar-refractivity contribution in [1.29, 1.82) is 0 Å². The van der Waals surface area contributed by atoms with Crippen molar-refractivity contribution in [3.05, 3.63) is 35.5 Å². The number of allylic oxidation sites excluding steroid dienone is 3. The lowest BCUT2D eigenvalue weighted by Crippen LogP contribution is -2.22. The molecule has 0 fully saturated rings. The van der Waals surface area contributed by atoms with Crippen LogP contribution in [0.15, 0.2) is 35.5 Å². The minimum absolute atomic E-state index is 0.0995. The zero-order chi connectivity index (χ0) is 12.6. The van der Waals surface area contributed by atoms with Crippen LogP contribution in [0, 0.1) is 0 Å². The van der Waals surface area contributed by atoms with Crippen LogP contribution in [0.1, 0.15) is 20.8 Å². The Labute approximate surface area is 102 Å². The van der Waals surface area contributed by atoms with Gasteiger partial charge in [-0.15, -0.1) is 12.6 Å². The van der Waals surface area contributed by atoms with Crippen molar-refractivity contribution < 1.29 is 9.59 Å². The van der Waals surface area contributed by atoms with Gasteiger partial charge >= 0.3 is 0 Å². The Morgan fingerprint density at radius 2 is 1.94 bits per heavy atom. The molecule has 0 aliphatic heterocycles. The van der Waals surface area contributed by atoms with Crippen LogP contribution in [0.3, 0.4) is 0 Å². The number of hydrogen-bond acceptors (Lipinski definition) is 2. The molecule has 3 nitrogen and oxygen atoms in total. The zero-order valence-corrected chi connectivity index (χ0v) is 10.7. The van der Waals surface area contributed by atoms with E-state index in [9.17, 15) is 9.59 Å². The van der Waals surface area contributed by atoms with E-state index < -0.39 is 0 Å². The Kier molecular flexibility index (Phi) is 7.29. The molecule has 0 aliphatic rings. The molecule has 16 heavy (non-hydrogen) atoms. The summed E-state index contributed by atoms with van der Waals surface area (Å²) in [5.74, 6) is -0.0995. The van der Waals surface area contributed by atoms with Crippen LogP contribution in [0.5, 0.6) is 0 Å². The van der Waals surface area contributed by atoms with Crippen LogP contribution in [-0.4, -0.2) is 17.6 Å². The summed E-state index contributed by atoms with van der Waals surface area (Å²) in [4.78, 5) is 21.9. The summed E-state index contributed by atoms with van der Waals surface area (Å²) in [6, 6.07) is 0. The summed E-state index contributed by atoms with van der Waals surface area (Å²) >= 11 is 3.78. The fourth-order valence-corrected chi connectivity index (χ4v) is 1.16. The Balaban J connectivity index is 4.77. The molecule has 1 N–H and O–H groups in total. The first kappa shape index (κ1) is 14.7. The summed E-state index contributed by atoms with van der Waals surface area (Å²) in [5.41, 5.74) is 1.37. The minimum atomic E-state index is -0.291. The van der Waals surface area contributed by atoms with Crippen LogP contribution in [0.4, 0.5) is 0 Å². The highest BCUT2D eigenvalue weighted by Gasteiger charge is 2.02. The van der Waals surface area contributed by atoms with Crippen LogP contribution in [-0.2, 0) is 9.59 Å². The van der Waals surface area contributed by atoms with Crippen molar-refractivity contribution in [2.24, 2.45) is 0 Å². The molecule has 0 atom stereocenters. The second-order valence-electron chi connectivity index (χ2n) is 3.18. The maximum atomic E-state index is 11.2. The highest BCUT2D eigenvalue weighted by molar-refractivity contribution is 7.97. The van der Waals surface area contributed by atoms with Crippen molar-refractivity contribution >= 4 is 23.7 Å². The highest BCUT2D eigenvalue weighted by atomic mass is 32.1. The number of amides is 1. The van der Waals surface area contributed by atoms with Gasteiger partial charge in [0.1, 0.15) is 0 Å². The van der Waals surface area contributed by atoms with E-state index in [-0.39, 0.29) is 11.0 Å². The Morgan fingerprint density at radius 3 is 2.31 bits per heavy atom. The van der Waals surface area contributed by atoms with Crippen molar-refractivity contribution in [3.8, 4) is 0 Å². The molecule has 1 amide bonds. The van der Waals surface area contributed by atoms with E-state index in [4.69, 9.17) is 0 Å². The number of thiol groups is 1. The lowest BCUT2D eigenvalue weighted by atomic mass is 10.1. The maximum Gasteiger partial charge on any atom is 0.217 e. The van der Waals surface area contributed by atoms with Gasteiger partial charge in [0.25, 0.3) is 0 Å². The molecule has 88 valence electrons. The Bertz CT molecular complexity index is 354. The quantitative estimate of drug-likeness (QED) is 0.438. The predicted molar refractivity (Wildman–Crippen MR) is 69.3 cm³/mol. The van der Waals surface area contributed by atoms with Gasteiger partial charge in [0.2, 0.25) is 11.0 Å². The number of hydrogen-bond donors (Lipinski definition) is 2. The van der Waals surface area contributed by atoms with Crippen LogP contribution in [0.25, 0.3) is 0 Å². The van der Waals surface area contributed by atoms with Gasteiger partial charge < -0.3 is 5.32 Å². The third-order valence-electron chi connectivity index (χ3n) is 1.85. The van der Waals surface area contributed by atoms with Crippen molar-refractivity contribution in [1.82, 2.24) is 5.32 Å². The smallest absolute Gasteiger partial charge is 0.217 e. The number of nitrogens with one attached hydrogen (secondary N) is 1. The fourth-order valence-electron chi connectivity index (χ4n) is 1.02. The van der Waals surface area contributed by atoms with E-state index in [0.717, 1.165) is 5.57 Å². The van der Waals surface area contributed by atoms with E-state index in [2.05, 4.69) is 17.9 Å². The van der Waals surface area contributed by atoms with Gasteiger partial charge in [0.15, 0.2) is 0 Å². The molecule has 0 saturated carbocycles. The molecule has 0 rings (SSSR count). The summed E-state index contributed by atoms with van der Waals surface area (Å²) in [6.45, 7) is 5.54. The second kappa shape index (κ2) is 7.93. The standard InChI is InChI=1S/C12H17NO2S/c1-4-6-11(12(15)16)7-10(5-2)8-13-9(3)14/h4-7H,8H2,1-3H3,(H,13,14)(H,15,16)/b6-4-,10-5+,11-7+. The first-order valence-electron chi connectivity index (χ1n) is 4.98. The average Bonchev–Trinajstić information content (AvgIpc) is 2.22. The summed E-state index contributed by atoms with van der Waals surface area (Å²) < 4.78 is 0. The van der Waals surface area contributed by atoms with E-state index in [1.165, 1.54) is 6.92 Å². The van der Waals surface area contributed by atoms with E-state index in [0.29, 0.717) is 12.1 Å². The minimum Gasteiger partial charge on any atom is -0.352 e. The largest absolute Gasteiger partial charge is 0.352 e. The highest BCUT2D eigenvalue weighted by Crippen LogP contribution is 2.07. The normalized spacial score (nSPS) is 13.0. The number of carbonyl (C=O) groups is 2. The topological polar surface area (TPSA) is 46.2 Å². The maximum absolute atomic E-state index is 11.2. The molecule has 0 aromatic carbocycles. The second-order valence-corrected chi connectivity index (χ2v) is 3.58. The van der Waals surface area contributed by atoms with Crippen LogP contribution >= 0.6 is 12.6 Å². The Hall–Kier alpha value is -1.29. The summed E-state index contributed by atoms with van der Waals surface area (Å²) in [5, 5.41) is 2.38. The van der Waals surface area contributed by atoms with Crippen molar-refractivity contribution in [2.45, 2.75) is 20.8 Å². The van der Waals surface area contributed by atoms with E-state index in [1.54, 1.807) is 18.2 Å². The number of rotatable bonds is 5. The molecular weight excluding hydrogens is 222 g/mol. The monoisotopic (exact) mass is 239 g/mol. The molecule has 0 aromatic rings. The molecule has 0 aromatic heterocycles. The molecule has 0 heterocycles. The number of carbonyl (C=O) groups excluding carboxylic acids is 2. The average molecular weight is 239 g/mol. The molecule has 0 unspecified atom stereocenters. The van der Waals surface area contributed by atoms with Gasteiger partial charge in [-0.2, -0.15) is 0 Å². The van der Waals surface area contributed by atoms with Gasteiger partial charge in [-0.1, -0.05) is 18.2 Å². The zero-order valence-electron chi connectivity index (χ0n) is 9.78. The van der Waals surface area contributed by atoms with E-state index >= 15 is 0 Å². The van der Waals surface area contributed by atoms with Crippen LogP contribution in [0.2, 0.25) is 0 Å². The third kappa shape index (κ3) is 6.24. The molecule has 4 heteroatoms. The fraction of sp³-hybridized carbons (Fsp3) is 0.333. The van der Waals surface area contributed by atoms with Gasteiger partial charge in [-0.05, 0) is 25.5 Å². The van der Waals surface area contributed by atoms with Crippen LogP contribution < -0.4 is 5.32 Å². The van der Waals surface area contributed by atoms with Gasteiger partial charge in [0, 0.05) is 19.0 Å². The SMILES string of the molecule is C\C=C/C(=C\C(=C/C)CNC(C)=O)C(=O)S. The lowest BCUT2D eigenvalue weighted by molar-refractivity contribution is -0.118.